The molecule has 0 saturated heterocycles. The Balaban J connectivity index is 2.19. The molecule has 0 spiro atoms. The van der Waals surface area contributed by atoms with Gasteiger partial charge in [0.15, 0.2) is 5.65 Å². The third kappa shape index (κ3) is 2.15. The van der Waals surface area contributed by atoms with Crippen molar-refractivity contribution in [2.24, 2.45) is 0 Å². The molecule has 0 bridgehead atoms. The summed E-state index contributed by atoms with van der Waals surface area (Å²) in [5.41, 5.74) is 3.26. The standard InChI is InChI=1S/C14H13ClN4/c1-19(2)14-16-11-8-10(15)12(17-13(11)18-14)9-6-4-3-5-7-9/h3-8H,1-2H3,(H,16,17,18). The zero-order valence-corrected chi connectivity index (χ0v) is 11.4. The molecule has 0 atom stereocenters. The Labute approximate surface area is 116 Å². The number of aromatic amines is 1. The van der Waals surface area contributed by atoms with E-state index in [0.29, 0.717) is 10.7 Å². The van der Waals surface area contributed by atoms with Gasteiger partial charge in [0.1, 0.15) is 0 Å². The Bertz CT molecular complexity index is 719. The molecule has 0 aliphatic heterocycles. The van der Waals surface area contributed by atoms with Gasteiger partial charge in [-0.05, 0) is 6.07 Å². The van der Waals surface area contributed by atoms with Crippen LogP contribution < -0.4 is 4.90 Å². The van der Waals surface area contributed by atoms with Gasteiger partial charge in [-0.25, -0.2) is 4.98 Å². The van der Waals surface area contributed by atoms with E-state index in [0.717, 1.165) is 22.7 Å². The first-order chi connectivity index (χ1) is 9.15. The number of aromatic nitrogens is 3. The Morgan fingerprint density at radius 3 is 2.53 bits per heavy atom. The fourth-order valence-corrected chi connectivity index (χ4v) is 2.18. The maximum Gasteiger partial charge on any atom is 0.204 e. The largest absolute Gasteiger partial charge is 0.348 e. The van der Waals surface area contributed by atoms with Crippen LogP contribution in [0.5, 0.6) is 0 Å². The molecule has 96 valence electrons. The molecule has 0 radical (unpaired) electrons. The number of pyridine rings is 1. The van der Waals surface area contributed by atoms with Crippen LogP contribution in [-0.4, -0.2) is 29.0 Å². The molecule has 0 saturated carbocycles. The molecule has 2 heterocycles. The van der Waals surface area contributed by atoms with Crippen molar-refractivity contribution >= 4 is 28.7 Å². The highest BCUT2D eigenvalue weighted by Crippen LogP contribution is 2.29. The molecule has 19 heavy (non-hydrogen) atoms. The quantitative estimate of drug-likeness (QED) is 0.778. The first kappa shape index (κ1) is 12.0. The highest BCUT2D eigenvalue weighted by Gasteiger charge is 2.11. The lowest BCUT2D eigenvalue weighted by molar-refractivity contribution is 1.04. The van der Waals surface area contributed by atoms with E-state index >= 15 is 0 Å². The second-order valence-electron chi connectivity index (χ2n) is 4.51. The molecule has 0 amide bonds. The van der Waals surface area contributed by atoms with Crippen LogP contribution in [0.2, 0.25) is 5.02 Å². The lowest BCUT2D eigenvalue weighted by Gasteiger charge is -2.05. The smallest absolute Gasteiger partial charge is 0.204 e. The second-order valence-corrected chi connectivity index (χ2v) is 4.92. The van der Waals surface area contributed by atoms with Crippen molar-refractivity contribution < 1.29 is 0 Å². The fourth-order valence-electron chi connectivity index (χ4n) is 1.92. The molecule has 3 aromatic rings. The van der Waals surface area contributed by atoms with Gasteiger partial charge in [0, 0.05) is 19.7 Å². The molecule has 5 heteroatoms. The minimum absolute atomic E-state index is 0.618. The van der Waals surface area contributed by atoms with Gasteiger partial charge >= 0.3 is 0 Å². The van der Waals surface area contributed by atoms with E-state index in [1.54, 1.807) is 0 Å². The molecule has 0 aliphatic rings. The summed E-state index contributed by atoms with van der Waals surface area (Å²) in [4.78, 5) is 14.1. The van der Waals surface area contributed by atoms with E-state index < -0.39 is 0 Å². The Morgan fingerprint density at radius 2 is 1.84 bits per heavy atom. The Kier molecular flexibility index (Phi) is 2.87. The van der Waals surface area contributed by atoms with Gasteiger partial charge in [-0.1, -0.05) is 41.9 Å². The summed E-state index contributed by atoms with van der Waals surface area (Å²) in [6, 6.07) is 11.7. The van der Waals surface area contributed by atoms with Crippen molar-refractivity contribution in [2.75, 3.05) is 19.0 Å². The van der Waals surface area contributed by atoms with Crippen LogP contribution >= 0.6 is 11.6 Å². The molecule has 1 N–H and O–H groups in total. The minimum Gasteiger partial charge on any atom is -0.348 e. The number of anilines is 1. The lowest BCUT2D eigenvalue weighted by Crippen LogP contribution is -2.09. The van der Waals surface area contributed by atoms with Crippen molar-refractivity contribution in [2.45, 2.75) is 0 Å². The van der Waals surface area contributed by atoms with Gasteiger partial charge in [0.05, 0.1) is 16.2 Å². The number of benzene rings is 1. The lowest BCUT2D eigenvalue weighted by atomic mass is 10.1. The molecule has 4 nitrogen and oxygen atoms in total. The summed E-state index contributed by atoms with van der Waals surface area (Å²) in [5, 5.41) is 0.618. The number of halogens is 1. The monoisotopic (exact) mass is 272 g/mol. The topological polar surface area (TPSA) is 44.8 Å². The van der Waals surface area contributed by atoms with E-state index in [9.17, 15) is 0 Å². The van der Waals surface area contributed by atoms with Gasteiger partial charge in [-0.15, -0.1) is 0 Å². The van der Waals surface area contributed by atoms with Crippen LogP contribution in [-0.2, 0) is 0 Å². The average molecular weight is 273 g/mol. The second kappa shape index (κ2) is 4.55. The first-order valence-corrected chi connectivity index (χ1v) is 6.32. The van der Waals surface area contributed by atoms with Crippen molar-refractivity contribution in [3.8, 4) is 11.3 Å². The van der Waals surface area contributed by atoms with E-state index in [4.69, 9.17) is 11.6 Å². The molecule has 2 aromatic heterocycles. The highest BCUT2D eigenvalue weighted by molar-refractivity contribution is 6.33. The maximum absolute atomic E-state index is 6.30. The first-order valence-electron chi connectivity index (χ1n) is 5.94. The Hall–Kier alpha value is -2.07. The predicted octanol–water partition coefficient (Wildman–Crippen LogP) is 3.34. The predicted molar refractivity (Wildman–Crippen MR) is 78.7 cm³/mol. The molecule has 0 unspecified atom stereocenters. The van der Waals surface area contributed by atoms with Gasteiger partial charge in [-0.3, -0.25) is 0 Å². The van der Waals surface area contributed by atoms with Crippen molar-refractivity contribution in [3.63, 3.8) is 0 Å². The van der Waals surface area contributed by atoms with E-state index in [2.05, 4.69) is 15.0 Å². The summed E-state index contributed by atoms with van der Waals surface area (Å²) in [5.74, 6) is 0.767. The number of imidazole rings is 1. The molecule has 0 fully saturated rings. The zero-order chi connectivity index (χ0) is 13.4. The number of fused-ring (bicyclic) bond motifs is 1. The number of hydrogen-bond donors (Lipinski definition) is 1. The van der Waals surface area contributed by atoms with E-state index in [1.807, 2.05) is 55.4 Å². The van der Waals surface area contributed by atoms with Crippen LogP contribution in [0, 0.1) is 0 Å². The van der Waals surface area contributed by atoms with Crippen molar-refractivity contribution in [3.05, 3.63) is 41.4 Å². The normalized spacial score (nSPS) is 10.9. The van der Waals surface area contributed by atoms with E-state index in [1.165, 1.54) is 0 Å². The summed E-state index contributed by atoms with van der Waals surface area (Å²) >= 11 is 6.30. The summed E-state index contributed by atoms with van der Waals surface area (Å²) in [6.07, 6.45) is 0. The average Bonchev–Trinajstić information content (AvgIpc) is 2.82. The SMILES string of the molecule is CN(C)c1nc2nc(-c3ccccc3)c(Cl)cc2[nH]1. The summed E-state index contributed by atoms with van der Waals surface area (Å²) in [6.45, 7) is 0. The minimum atomic E-state index is 0.618. The summed E-state index contributed by atoms with van der Waals surface area (Å²) < 4.78 is 0. The number of hydrogen-bond acceptors (Lipinski definition) is 3. The molecule has 1 aromatic carbocycles. The van der Waals surface area contributed by atoms with Crippen LogP contribution in [0.1, 0.15) is 0 Å². The van der Waals surface area contributed by atoms with Crippen molar-refractivity contribution in [1.82, 2.24) is 15.0 Å². The zero-order valence-electron chi connectivity index (χ0n) is 10.7. The Morgan fingerprint density at radius 1 is 1.11 bits per heavy atom. The van der Waals surface area contributed by atoms with Crippen molar-refractivity contribution in [1.29, 1.82) is 0 Å². The number of nitrogens with zero attached hydrogens (tertiary/aromatic N) is 3. The van der Waals surface area contributed by atoms with Gasteiger partial charge in [-0.2, -0.15) is 4.98 Å². The molecule has 0 aliphatic carbocycles. The summed E-state index contributed by atoms with van der Waals surface area (Å²) in [7, 11) is 3.86. The van der Waals surface area contributed by atoms with Crippen LogP contribution in [0.3, 0.4) is 0 Å². The fraction of sp³-hybridized carbons (Fsp3) is 0.143. The van der Waals surface area contributed by atoms with Crippen LogP contribution in [0.25, 0.3) is 22.4 Å². The number of rotatable bonds is 2. The highest BCUT2D eigenvalue weighted by atomic mass is 35.5. The van der Waals surface area contributed by atoms with Crippen LogP contribution in [0.15, 0.2) is 36.4 Å². The van der Waals surface area contributed by atoms with Crippen LogP contribution in [0.4, 0.5) is 5.95 Å². The maximum atomic E-state index is 6.30. The van der Waals surface area contributed by atoms with Gasteiger partial charge in [0.25, 0.3) is 0 Å². The third-order valence-corrected chi connectivity index (χ3v) is 3.17. The van der Waals surface area contributed by atoms with Gasteiger partial charge < -0.3 is 9.88 Å². The molecular formula is C14H13ClN4. The molecular weight excluding hydrogens is 260 g/mol. The number of H-pyrrole nitrogens is 1. The van der Waals surface area contributed by atoms with Gasteiger partial charge in [0.2, 0.25) is 5.95 Å². The third-order valence-electron chi connectivity index (χ3n) is 2.88. The molecule has 3 rings (SSSR count). The van der Waals surface area contributed by atoms with E-state index in [-0.39, 0.29) is 0 Å². The number of nitrogens with one attached hydrogen (secondary N) is 1.